The molecule has 0 saturated carbocycles. The van der Waals surface area contributed by atoms with Crippen LogP contribution >= 0.6 is 0 Å². The van der Waals surface area contributed by atoms with Gasteiger partial charge in [0.15, 0.2) is 5.82 Å². The van der Waals surface area contributed by atoms with E-state index in [-0.39, 0.29) is 6.03 Å². The van der Waals surface area contributed by atoms with Crippen LogP contribution in [-0.2, 0) is 0 Å². The molecule has 3 N–H and O–H groups in total. The standard InChI is InChI=1S/C15H13N5O/c21-15(18-11-6-2-1-3-7-11)19-13-9-5-4-8-12(13)14-16-10-17-20-14/h1-10H,(H,16,17,20)(H2,18,19,21). The number of nitrogens with zero attached hydrogens (tertiary/aromatic N) is 2. The highest BCUT2D eigenvalue weighted by molar-refractivity contribution is 6.01. The van der Waals surface area contributed by atoms with Gasteiger partial charge in [0.1, 0.15) is 6.33 Å². The number of urea groups is 1. The van der Waals surface area contributed by atoms with Crippen LogP contribution in [0.1, 0.15) is 0 Å². The lowest BCUT2D eigenvalue weighted by Gasteiger charge is -2.10. The minimum absolute atomic E-state index is 0.312. The van der Waals surface area contributed by atoms with E-state index in [1.165, 1.54) is 6.33 Å². The van der Waals surface area contributed by atoms with Gasteiger partial charge in [-0.1, -0.05) is 30.3 Å². The average Bonchev–Trinajstić information content (AvgIpc) is 3.03. The zero-order chi connectivity index (χ0) is 14.5. The van der Waals surface area contributed by atoms with Gasteiger partial charge in [-0.05, 0) is 24.3 Å². The highest BCUT2D eigenvalue weighted by Gasteiger charge is 2.09. The number of hydrogen-bond donors (Lipinski definition) is 3. The van der Waals surface area contributed by atoms with E-state index in [0.717, 1.165) is 11.3 Å². The predicted molar refractivity (Wildman–Crippen MR) is 80.9 cm³/mol. The molecule has 1 aromatic heterocycles. The first-order valence-electron chi connectivity index (χ1n) is 6.41. The molecule has 0 unspecified atom stereocenters. The van der Waals surface area contributed by atoms with Crippen LogP contribution < -0.4 is 10.6 Å². The largest absolute Gasteiger partial charge is 0.323 e. The first-order chi connectivity index (χ1) is 10.3. The van der Waals surface area contributed by atoms with E-state index in [9.17, 15) is 4.79 Å². The number of anilines is 2. The number of H-pyrrole nitrogens is 1. The maximum atomic E-state index is 12.0. The van der Waals surface area contributed by atoms with E-state index in [1.807, 2.05) is 54.6 Å². The molecule has 0 aliphatic heterocycles. The predicted octanol–water partition coefficient (Wildman–Crippen LogP) is 3.12. The number of aromatic amines is 1. The van der Waals surface area contributed by atoms with Crippen LogP contribution in [-0.4, -0.2) is 21.2 Å². The fraction of sp³-hybridized carbons (Fsp3) is 0. The highest BCUT2D eigenvalue weighted by Crippen LogP contribution is 2.24. The Hall–Kier alpha value is -3.15. The fourth-order valence-electron chi connectivity index (χ4n) is 1.94. The fourth-order valence-corrected chi connectivity index (χ4v) is 1.94. The van der Waals surface area contributed by atoms with Gasteiger partial charge >= 0.3 is 6.03 Å². The van der Waals surface area contributed by atoms with Gasteiger partial charge in [-0.2, -0.15) is 5.10 Å². The van der Waals surface area contributed by atoms with Crippen molar-refractivity contribution in [2.24, 2.45) is 0 Å². The SMILES string of the molecule is O=C(Nc1ccccc1)Nc1ccccc1-c1ncn[nH]1. The molecule has 3 aromatic rings. The van der Waals surface area contributed by atoms with E-state index in [1.54, 1.807) is 0 Å². The molecular formula is C15H13N5O. The Morgan fingerprint density at radius 3 is 2.48 bits per heavy atom. The van der Waals surface area contributed by atoms with Crippen molar-refractivity contribution in [3.8, 4) is 11.4 Å². The summed E-state index contributed by atoms with van der Waals surface area (Å²) in [6.07, 6.45) is 1.43. The smallest absolute Gasteiger partial charge is 0.308 e. The number of aromatic nitrogens is 3. The quantitative estimate of drug-likeness (QED) is 0.689. The van der Waals surface area contributed by atoms with Crippen LogP contribution in [0.3, 0.4) is 0 Å². The summed E-state index contributed by atoms with van der Waals surface area (Å²) in [5.74, 6) is 0.602. The number of hydrogen-bond acceptors (Lipinski definition) is 3. The number of para-hydroxylation sites is 2. The second-order valence-corrected chi connectivity index (χ2v) is 4.32. The molecule has 6 nitrogen and oxygen atoms in total. The van der Waals surface area contributed by atoms with Crippen LogP contribution in [0.5, 0.6) is 0 Å². The van der Waals surface area contributed by atoms with E-state index >= 15 is 0 Å². The molecule has 0 bridgehead atoms. The summed E-state index contributed by atoms with van der Waals surface area (Å²) in [7, 11) is 0. The van der Waals surface area contributed by atoms with Gasteiger partial charge in [-0.15, -0.1) is 0 Å². The Balaban J connectivity index is 1.78. The van der Waals surface area contributed by atoms with Gasteiger partial charge in [0.2, 0.25) is 0 Å². The molecular weight excluding hydrogens is 266 g/mol. The maximum absolute atomic E-state index is 12.0. The van der Waals surface area contributed by atoms with Crippen molar-refractivity contribution in [1.29, 1.82) is 0 Å². The van der Waals surface area contributed by atoms with Crippen LogP contribution in [0.25, 0.3) is 11.4 Å². The van der Waals surface area contributed by atoms with Crippen molar-refractivity contribution in [1.82, 2.24) is 15.2 Å². The topological polar surface area (TPSA) is 82.7 Å². The third kappa shape index (κ3) is 3.06. The van der Waals surface area contributed by atoms with E-state index in [0.29, 0.717) is 11.5 Å². The molecule has 104 valence electrons. The van der Waals surface area contributed by atoms with Crippen LogP contribution in [0.4, 0.5) is 16.2 Å². The van der Waals surface area contributed by atoms with Crippen LogP contribution in [0.15, 0.2) is 60.9 Å². The molecule has 0 aliphatic carbocycles. The number of nitrogens with one attached hydrogen (secondary N) is 3. The van der Waals surface area contributed by atoms with Gasteiger partial charge < -0.3 is 10.6 Å². The third-order valence-corrected chi connectivity index (χ3v) is 2.88. The first-order valence-corrected chi connectivity index (χ1v) is 6.41. The van der Waals surface area contributed by atoms with Crippen molar-refractivity contribution < 1.29 is 4.79 Å². The van der Waals surface area contributed by atoms with E-state index in [4.69, 9.17) is 0 Å². The molecule has 0 aliphatic rings. The van der Waals surface area contributed by atoms with Gasteiger partial charge in [-0.3, -0.25) is 5.10 Å². The second-order valence-electron chi connectivity index (χ2n) is 4.32. The number of rotatable bonds is 3. The molecule has 0 atom stereocenters. The molecule has 0 spiro atoms. The summed E-state index contributed by atoms with van der Waals surface area (Å²) >= 11 is 0. The lowest BCUT2D eigenvalue weighted by molar-refractivity contribution is 0.262. The monoisotopic (exact) mass is 279 g/mol. The summed E-state index contributed by atoms with van der Waals surface area (Å²) in [5.41, 5.74) is 2.16. The Kier molecular flexibility index (Phi) is 3.60. The summed E-state index contributed by atoms with van der Waals surface area (Å²) < 4.78 is 0. The Bertz CT molecular complexity index is 725. The zero-order valence-corrected chi connectivity index (χ0v) is 11.1. The van der Waals surface area contributed by atoms with Crippen LogP contribution in [0.2, 0.25) is 0 Å². The maximum Gasteiger partial charge on any atom is 0.323 e. The molecule has 1 heterocycles. The minimum atomic E-state index is -0.312. The number of amides is 2. The molecule has 2 aromatic carbocycles. The third-order valence-electron chi connectivity index (χ3n) is 2.88. The van der Waals surface area contributed by atoms with Crippen molar-refractivity contribution in [2.45, 2.75) is 0 Å². The summed E-state index contributed by atoms with van der Waals surface area (Å²) in [5, 5.41) is 12.2. The van der Waals surface area contributed by atoms with Crippen molar-refractivity contribution in [3.05, 3.63) is 60.9 Å². The zero-order valence-electron chi connectivity index (χ0n) is 11.1. The van der Waals surface area contributed by atoms with Crippen molar-refractivity contribution >= 4 is 17.4 Å². The molecule has 0 fully saturated rings. The van der Waals surface area contributed by atoms with Gasteiger partial charge in [-0.25, -0.2) is 9.78 Å². The van der Waals surface area contributed by atoms with Crippen molar-refractivity contribution in [3.63, 3.8) is 0 Å². The lowest BCUT2D eigenvalue weighted by atomic mass is 10.1. The number of carbonyl (C=O) groups excluding carboxylic acids is 1. The summed E-state index contributed by atoms with van der Waals surface area (Å²) in [6.45, 7) is 0. The van der Waals surface area contributed by atoms with Crippen molar-refractivity contribution in [2.75, 3.05) is 10.6 Å². The van der Waals surface area contributed by atoms with Gasteiger partial charge in [0.05, 0.1) is 5.69 Å². The minimum Gasteiger partial charge on any atom is -0.308 e. The summed E-state index contributed by atoms with van der Waals surface area (Å²) in [6, 6.07) is 16.3. The highest BCUT2D eigenvalue weighted by atomic mass is 16.2. The van der Waals surface area contributed by atoms with Crippen LogP contribution in [0, 0.1) is 0 Å². The molecule has 2 amide bonds. The Morgan fingerprint density at radius 1 is 0.952 bits per heavy atom. The molecule has 6 heteroatoms. The van der Waals surface area contributed by atoms with E-state index < -0.39 is 0 Å². The number of carbonyl (C=O) groups is 1. The normalized spacial score (nSPS) is 10.1. The molecule has 0 radical (unpaired) electrons. The molecule has 3 rings (SSSR count). The second kappa shape index (κ2) is 5.87. The average molecular weight is 279 g/mol. The van der Waals surface area contributed by atoms with E-state index in [2.05, 4.69) is 25.8 Å². The summed E-state index contributed by atoms with van der Waals surface area (Å²) in [4.78, 5) is 16.1. The van der Waals surface area contributed by atoms with Gasteiger partial charge in [0, 0.05) is 11.3 Å². The molecule has 0 saturated heterocycles. The lowest BCUT2D eigenvalue weighted by Crippen LogP contribution is -2.19. The van der Waals surface area contributed by atoms with Gasteiger partial charge in [0.25, 0.3) is 0 Å². The Labute approximate surface area is 121 Å². The molecule has 21 heavy (non-hydrogen) atoms. The first kappa shape index (κ1) is 12.9. The Morgan fingerprint density at radius 2 is 1.71 bits per heavy atom. The number of benzene rings is 2.